The first-order chi connectivity index (χ1) is 4.46. The van der Waals surface area contributed by atoms with Gasteiger partial charge >= 0.3 is 0 Å². The van der Waals surface area contributed by atoms with Crippen molar-refractivity contribution in [1.29, 1.82) is 0 Å². The minimum absolute atomic E-state index is 0.215. The first kappa shape index (κ1) is 7.73. The van der Waals surface area contributed by atoms with Gasteiger partial charge in [-0.05, 0) is 23.4 Å². The smallest absolute Gasteiger partial charge is 0.235 e. The van der Waals surface area contributed by atoms with Gasteiger partial charge in [-0.1, -0.05) is 13.8 Å². The van der Waals surface area contributed by atoms with Gasteiger partial charge in [-0.25, -0.2) is 0 Å². The lowest BCUT2D eigenvalue weighted by atomic mass is 9.99. The average molecular weight is 161 g/mol. The Hall–Kier alpha value is -0.370. The molecule has 2 nitrogen and oxygen atoms in total. The van der Waals surface area contributed by atoms with E-state index in [2.05, 4.69) is 0 Å². The van der Waals surface area contributed by atoms with Crippen molar-refractivity contribution in [3.8, 4) is 0 Å². The predicted molar refractivity (Wildman–Crippen MR) is 37.8 cm³/mol. The third-order valence-electron chi connectivity index (χ3n) is 2.36. The van der Waals surface area contributed by atoms with Crippen LogP contribution in [-0.2, 0) is 9.59 Å². The van der Waals surface area contributed by atoms with Crippen molar-refractivity contribution >= 4 is 23.1 Å². The molecule has 0 aromatic carbocycles. The van der Waals surface area contributed by atoms with E-state index in [1.165, 1.54) is 0 Å². The molecule has 0 amide bonds. The molecule has 1 saturated carbocycles. The Kier molecular flexibility index (Phi) is 1.40. The first-order valence-electron chi connectivity index (χ1n) is 3.12. The number of carbonyl (C=O) groups excluding carboxylic acids is 2. The van der Waals surface area contributed by atoms with Gasteiger partial charge in [0.25, 0.3) is 0 Å². The topological polar surface area (TPSA) is 34.1 Å². The maximum absolute atomic E-state index is 10.7. The molecule has 0 heterocycles. The second-order valence-electron chi connectivity index (χ2n) is 3.42. The van der Waals surface area contributed by atoms with Gasteiger partial charge in [-0.15, -0.1) is 0 Å². The van der Waals surface area contributed by atoms with Crippen molar-refractivity contribution in [2.75, 3.05) is 0 Å². The van der Waals surface area contributed by atoms with Crippen molar-refractivity contribution in [2.24, 2.45) is 10.8 Å². The van der Waals surface area contributed by atoms with Crippen molar-refractivity contribution in [1.82, 2.24) is 0 Å². The lowest BCUT2D eigenvalue weighted by Gasteiger charge is -2.05. The summed E-state index contributed by atoms with van der Waals surface area (Å²) in [5, 5.41) is -0.521. The maximum atomic E-state index is 10.7. The van der Waals surface area contributed by atoms with Gasteiger partial charge in [-0.3, -0.25) is 4.79 Å². The van der Waals surface area contributed by atoms with E-state index in [0.717, 1.165) is 0 Å². The summed E-state index contributed by atoms with van der Waals surface area (Å²) in [5.74, 6) is 0. The van der Waals surface area contributed by atoms with Crippen LogP contribution < -0.4 is 0 Å². The number of hydrogen-bond donors (Lipinski definition) is 0. The Labute approximate surface area is 64.5 Å². The molecule has 3 heteroatoms. The molecule has 0 spiro atoms. The highest BCUT2D eigenvalue weighted by Gasteiger charge is 2.66. The van der Waals surface area contributed by atoms with Crippen molar-refractivity contribution in [3.63, 3.8) is 0 Å². The van der Waals surface area contributed by atoms with Crippen LogP contribution in [0, 0.1) is 10.8 Å². The molecule has 1 rings (SSSR count). The predicted octanol–water partition coefficient (Wildman–Crippen LogP) is 1.37. The molecule has 0 radical (unpaired) electrons. The molecule has 1 unspecified atom stereocenters. The molecule has 0 bridgehead atoms. The summed E-state index contributed by atoms with van der Waals surface area (Å²) in [6.45, 7) is 3.73. The fourth-order valence-corrected chi connectivity index (χ4v) is 1.60. The van der Waals surface area contributed by atoms with E-state index in [0.29, 0.717) is 12.7 Å². The highest BCUT2D eigenvalue weighted by molar-refractivity contribution is 6.66. The zero-order valence-electron chi connectivity index (χ0n) is 5.98. The molecule has 56 valence electrons. The van der Waals surface area contributed by atoms with Crippen LogP contribution in [0.4, 0.5) is 0 Å². The van der Waals surface area contributed by atoms with Gasteiger partial charge < -0.3 is 4.79 Å². The van der Waals surface area contributed by atoms with Gasteiger partial charge in [0.2, 0.25) is 5.24 Å². The van der Waals surface area contributed by atoms with Gasteiger partial charge in [0.1, 0.15) is 11.7 Å². The summed E-state index contributed by atoms with van der Waals surface area (Å²) in [4.78, 5) is 21.1. The summed E-state index contributed by atoms with van der Waals surface area (Å²) in [6, 6.07) is 0. The molecule has 1 atom stereocenters. The number of halogens is 1. The fourth-order valence-electron chi connectivity index (χ4n) is 1.24. The average Bonchev–Trinajstić information content (AvgIpc) is 2.35. The third-order valence-corrected chi connectivity index (χ3v) is 2.69. The van der Waals surface area contributed by atoms with Crippen LogP contribution in [0.1, 0.15) is 20.3 Å². The van der Waals surface area contributed by atoms with Crippen LogP contribution in [0.3, 0.4) is 0 Å². The molecule has 0 aromatic heterocycles. The van der Waals surface area contributed by atoms with E-state index < -0.39 is 10.7 Å². The van der Waals surface area contributed by atoms with E-state index in [-0.39, 0.29) is 5.41 Å². The summed E-state index contributed by atoms with van der Waals surface area (Å²) in [6.07, 6.45) is 1.26. The second kappa shape index (κ2) is 1.82. The van der Waals surface area contributed by atoms with E-state index in [9.17, 15) is 9.59 Å². The zero-order valence-corrected chi connectivity index (χ0v) is 6.73. The molecule has 0 aromatic rings. The minimum atomic E-state index is -0.867. The number of rotatable bonds is 2. The van der Waals surface area contributed by atoms with Crippen LogP contribution in [0.2, 0.25) is 0 Å². The Morgan fingerprint density at radius 1 is 1.60 bits per heavy atom. The summed E-state index contributed by atoms with van der Waals surface area (Å²) >= 11 is 5.25. The minimum Gasteiger partial charge on any atom is -0.302 e. The first-order valence-corrected chi connectivity index (χ1v) is 3.50. The van der Waals surface area contributed by atoms with Crippen molar-refractivity contribution in [2.45, 2.75) is 20.3 Å². The molecule has 0 N–H and O–H groups in total. The third kappa shape index (κ3) is 0.717. The Morgan fingerprint density at radius 3 is 2.00 bits per heavy atom. The molecular formula is C7H9ClO2. The van der Waals surface area contributed by atoms with E-state index >= 15 is 0 Å². The monoisotopic (exact) mass is 160 g/mol. The molecule has 1 aliphatic carbocycles. The molecule has 0 saturated heterocycles. The van der Waals surface area contributed by atoms with Gasteiger partial charge in [0.15, 0.2) is 0 Å². The Bertz CT molecular complexity index is 198. The van der Waals surface area contributed by atoms with Crippen LogP contribution >= 0.6 is 11.6 Å². The summed E-state index contributed by atoms with van der Waals surface area (Å²) in [7, 11) is 0. The van der Waals surface area contributed by atoms with Crippen LogP contribution in [0.15, 0.2) is 0 Å². The van der Waals surface area contributed by atoms with Gasteiger partial charge in [0, 0.05) is 0 Å². The van der Waals surface area contributed by atoms with E-state index in [1.807, 2.05) is 13.8 Å². The van der Waals surface area contributed by atoms with Crippen LogP contribution in [0.5, 0.6) is 0 Å². The fraction of sp³-hybridized carbons (Fsp3) is 0.714. The molecular weight excluding hydrogens is 152 g/mol. The van der Waals surface area contributed by atoms with Crippen molar-refractivity contribution in [3.05, 3.63) is 0 Å². The van der Waals surface area contributed by atoms with Crippen LogP contribution in [0.25, 0.3) is 0 Å². The van der Waals surface area contributed by atoms with Gasteiger partial charge in [-0.2, -0.15) is 0 Å². The normalized spacial score (nSPS) is 35.1. The van der Waals surface area contributed by atoms with E-state index in [4.69, 9.17) is 11.6 Å². The largest absolute Gasteiger partial charge is 0.302 e. The standard InChI is InChI=1S/C7H9ClO2/c1-6(2)3-7(6,4-9)5(8)10/h4H,3H2,1-2H3. The molecule has 1 fully saturated rings. The quantitative estimate of drug-likeness (QED) is 0.347. The number of aldehydes is 1. The lowest BCUT2D eigenvalue weighted by Crippen LogP contribution is -2.17. The maximum Gasteiger partial charge on any atom is 0.235 e. The molecule has 1 aliphatic rings. The van der Waals surface area contributed by atoms with Gasteiger partial charge in [0.05, 0.1) is 0 Å². The second-order valence-corrected chi connectivity index (χ2v) is 3.77. The highest BCUT2D eigenvalue weighted by Crippen LogP contribution is 2.63. The lowest BCUT2D eigenvalue weighted by molar-refractivity contribution is -0.124. The van der Waals surface area contributed by atoms with Crippen LogP contribution in [-0.4, -0.2) is 11.5 Å². The van der Waals surface area contributed by atoms with E-state index in [1.54, 1.807) is 0 Å². The highest BCUT2D eigenvalue weighted by atomic mass is 35.5. The van der Waals surface area contributed by atoms with Crippen molar-refractivity contribution < 1.29 is 9.59 Å². The molecule has 10 heavy (non-hydrogen) atoms. The zero-order chi connectivity index (χ0) is 7.99. The SMILES string of the molecule is CC1(C)CC1(C=O)C(=O)Cl. The Morgan fingerprint density at radius 2 is 2.00 bits per heavy atom. The number of hydrogen-bond acceptors (Lipinski definition) is 2. The molecule has 0 aliphatic heterocycles. The summed E-state index contributed by atoms with van der Waals surface area (Å²) < 4.78 is 0. The Balaban J connectivity index is 2.88. The number of carbonyl (C=O) groups is 2. The summed E-state index contributed by atoms with van der Waals surface area (Å²) in [5.41, 5.74) is -1.08.